The van der Waals surface area contributed by atoms with Crippen LogP contribution in [0.1, 0.15) is 34.2 Å². The molecule has 1 aliphatic heterocycles. The van der Waals surface area contributed by atoms with Crippen molar-refractivity contribution in [3.05, 3.63) is 90.0 Å². The van der Waals surface area contributed by atoms with Gasteiger partial charge in [0.2, 0.25) is 5.95 Å². The Bertz CT molecular complexity index is 1380. The number of hydrogen-bond donors (Lipinski definition) is 1. The summed E-state index contributed by atoms with van der Waals surface area (Å²) in [5.74, 6) is 2.92. The van der Waals surface area contributed by atoms with Crippen LogP contribution in [0.3, 0.4) is 0 Å². The van der Waals surface area contributed by atoms with Crippen molar-refractivity contribution in [1.29, 1.82) is 0 Å². The molecule has 0 bridgehead atoms. The van der Waals surface area contributed by atoms with Crippen molar-refractivity contribution in [2.75, 3.05) is 48.4 Å². The van der Waals surface area contributed by atoms with Crippen LogP contribution in [-0.4, -0.2) is 49.0 Å². The number of furan rings is 1. The third-order valence-electron chi connectivity index (χ3n) is 7.09. The van der Waals surface area contributed by atoms with Gasteiger partial charge in [0.05, 0.1) is 30.3 Å². The Labute approximate surface area is 215 Å². The Morgan fingerprint density at radius 2 is 1.65 bits per heavy atom. The highest BCUT2D eigenvalue weighted by Crippen LogP contribution is 2.37. The minimum absolute atomic E-state index is 0.0234. The number of ether oxygens (including phenoxy) is 1. The molecule has 37 heavy (non-hydrogen) atoms. The number of anilines is 4. The summed E-state index contributed by atoms with van der Waals surface area (Å²) in [6, 6.07) is 21.7. The quantitative estimate of drug-likeness (QED) is 0.397. The van der Waals surface area contributed by atoms with E-state index >= 15 is 0 Å². The first kappa shape index (κ1) is 23.1. The molecule has 0 amide bonds. The van der Waals surface area contributed by atoms with Crippen LogP contribution in [0.5, 0.6) is 5.75 Å². The van der Waals surface area contributed by atoms with Crippen LogP contribution < -0.4 is 19.9 Å². The standard InChI is InChI=1S/C29H29N5O3/c1-36-26-11-6-5-10-23(26)33-13-15-34(16-14-33)29-31-22-18-20(25-12-7-17-37-25)19-24(35)27(22)28(32-29)30-21-8-3-2-4-9-21/h2-12,17,20H,13-16,18-19H2,1H3,(H,30,31,32). The Balaban J connectivity index is 1.31. The van der Waals surface area contributed by atoms with E-state index in [1.165, 1.54) is 0 Å². The second-order valence-corrected chi connectivity index (χ2v) is 9.37. The lowest BCUT2D eigenvalue weighted by Gasteiger charge is -2.37. The number of ketones is 1. The summed E-state index contributed by atoms with van der Waals surface area (Å²) in [4.78, 5) is 27.7. The highest BCUT2D eigenvalue weighted by molar-refractivity contribution is 6.03. The third kappa shape index (κ3) is 4.62. The van der Waals surface area contributed by atoms with Crippen LogP contribution in [0, 0.1) is 0 Å². The van der Waals surface area contributed by atoms with E-state index in [0.29, 0.717) is 30.2 Å². The zero-order chi connectivity index (χ0) is 25.2. The minimum Gasteiger partial charge on any atom is -0.495 e. The molecule has 0 saturated carbocycles. The van der Waals surface area contributed by atoms with Crippen LogP contribution in [0.15, 0.2) is 77.4 Å². The molecule has 188 valence electrons. The highest BCUT2D eigenvalue weighted by atomic mass is 16.5. The molecule has 0 radical (unpaired) electrons. The Kier molecular flexibility index (Phi) is 6.22. The second-order valence-electron chi connectivity index (χ2n) is 9.37. The molecule has 6 rings (SSSR count). The van der Waals surface area contributed by atoms with Gasteiger partial charge in [0, 0.05) is 50.6 Å². The summed E-state index contributed by atoms with van der Waals surface area (Å²) in [6.07, 6.45) is 2.67. The van der Waals surface area contributed by atoms with E-state index in [1.807, 2.05) is 60.7 Å². The molecule has 0 spiro atoms. The summed E-state index contributed by atoms with van der Waals surface area (Å²) >= 11 is 0. The Morgan fingerprint density at radius 3 is 2.41 bits per heavy atom. The van der Waals surface area contributed by atoms with Gasteiger partial charge in [-0.2, -0.15) is 4.98 Å². The average Bonchev–Trinajstić information content (AvgIpc) is 3.49. The molecule has 1 N–H and O–H groups in total. The van der Waals surface area contributed by atoms with Gasteiger partial charge in [0.25, 0.3) is 0 Å². The number of benzene rings is 2. The predicted octanol–water partition coefficient (Wildman–Crippen LogP) is 5.06. The number of carbonyl (C=O) groups is 1. The number of nitrogens with one attached hydrogen (secondary N) is 1. The third-order valence-corrected chi connectivity index (χ3v) is 7.09. The number of methoxy groups -OCH3 is 1. The first-order valence-electron chi connectivity index (χ1n) is 12.6. The fourth-order valence-corrected chi connectivity index (χ4v) is 5.22. The van der Waals surface area contributed by atoms with Crippen molar-refractivity contribution in [3.63, 3.8) is 0 Å². The molecule has 8 nitrogen and oxygen atoms in total. The maximum absolute atomic E-state index is 13.4. The molecule has 3 heterocycles. The Morgan fingerprint density at radius 1 is 0.892 bits per heavy atom. The highest BCUT2D eigenvalue weighted by Gasteiger charge is 2.33. The number of carbonyl (C=O) groups excluding carboxylic acids is 1. The molecule has 1 saturated heterocycles. The van der Waals surface area contributed by atoms with Gasteiger partial charge in [-0.15, -0.1) is 0 Å². The van der Waals surface area contributed by atoms with Gasteiger partial charge in [-0.1, -0.05) is 30.3 Å². The number of piperazine rings is 1. The maximum atomic E-state index is 13.4. The van der Waals surface area contributed by atoms with Crippen molar-refractivity contribution >= 4 is 28.9 Å². The molecule has 2 aliphatic rings. The lowest BCUT2D eigenvalue weighted by Crippen LogP contribution is -2.47. The van der Waals surface area contributed by atoms with Gasteiger partial charge in [-0.3, -0.25) is 4.79 Å². The van der Waals surface area contributed by atoms with Crippen molar-refractivity contribution < 1.29 is 13.9 Å². The number of nitrogens with zero attached hydrogens (tertiary/aromatic N) is 4. The molecule has 4 aromatic rings. The largest absolute Gasteiger partial charge is 0.495 e. The van der Waals surface area contributed by atoms with E-state index in [0.717, 1.165) is 54.8 Å². The van der Waals surface area contributed by atoms with Crippen LogP contribution in [0.2, 0.25) is 0 Å². The topological polar surface area (TPSA) is 83.7 Å². The fraction of sp³-hybridized carbons (Fsp3) is 0.276. The van der Waals surface area contributed by atoms with Gasteiger partial charge in [-0.05, 0) is 36.4 Å². The first-order chi connectivity index (χ1) is 18.2. The zero-order valence-corrected chi connectivity index (χ0v) is 20.8. The fourth-order valence-electron chi connectivity index (χ4n) is 5.22. The number of fused-ring (bicyclic) bond motifs is 1. The monoisotopic (exact) mass is 495 g/mol. The summed E-state index contributed by atoms with van der Waals surface area (Å²) in [6.45, 7) is 3.15. The first-order valence-corrected chi connectivity index (χ1v) is 12.6. The number of Topliss-reactive ketones (excluding diaryl/α,β-unsaturated/α-hetero) is 1. The van der Waals surface area contributed by atoms with Crippen LogP contribution in [0.4, 0.5) is 23.1 Å². The SMILES string of the molecule is COc1ccccc1N1CCN(c2nc3c(c(Nc4ccccc4)n2)C(=O)CC(c2ccco2)C3)CC1. The molecule has 1 unspecified atom stereocenters. The summed E-state index contributed by atoms with van der Waals surface area (Å²) < 4.78 is 11.2. The van der Waals surface area contributed by atoms with Crippen LogP contribution >= 0.6 is 0 Å². The van der Waals surface area contributed by atoms with Gasteiger partial charge >= 0.3 is 0 Å². The molecule has 1 aliphatic carbocycles. The molecule has 1 fully saturated rings. The molecule has 2 aromatic heterocycles. The van der Waals surface area contributed by atoms with E-state index in [4.69, 9.17) is 19.1 Å². The van der Waals surface area contributed by atoms with E-state index in [2.05, 4.69) is 21.2 Å². The smallest absolute Gasteiger partial charge is 0.227 e. The van der Waals surface area contributed by atoms with E-state index in [9.17, 15) is 4.79 Å². The summed E-state index contributed by atoms with van der Waals surface area (Å²) in [7, 11) is 1.70. The van der Waals surface area contributed by atoms with E-state index in [-0.39, 0.29) is 11.7 Å². The molecule has 1 atom stereocenters. The number of aromatic nitrogens is 2. The molecular formula is C29H29N5O3. The normalized spacial score (nSPS) is 17.4. The van der Waals surface area contributed by atoms with Gasteiger partial charge in [0.1, 0.15) is 17.3 Å². The molecule has 8 heteroatoms. The zero-order valence-electron chi connectivity index (χ0n) is 20.8. The minimum atomic E-state index is -0.0234. The number of rotatable bonds is 6. The van der Waals surface area contributed by atoms with Crippen molar-refractivity contribution in [3.8, 4) is 5.75 Å². The lowest BCUT2D eigenvalue weighted by atomic mass is 9.84. The maximum Gasteiger partial charge on any atom is 0.227 e. The average molecular weight is 496 g/mol. The Hall–Kier alpha value is -4.33. The number of hydrogen-bond acceptors (Lipinski definition) is 8. The lowest BCUT2D eigenvalue weighted by molar-refractivity contribution is 0.0959. The summed E-state index contributed by atoms with van der Waals surface area (Å²) in [5.41, 5.74) is 3.34. The second kappa shape index (κ2) is 9.97. The molecular weight excluding hydrogens is 466 g/mol. The van der Waals surface area contributed by atoms with Crippen molar-refractivity contribution in [2.24, 2.45) is 0 Å². The van der Waals surface area contributed by atoms with Gasteiger partial charge in [0.15, 0.2) is 5.78 Å². The van der Waals surface area contributed by atoms with Crippen molar-refractivity contribution in [1.82, 2.24) is 9.97 Å². The van der Waals surface area contributed by atoms with Gasteiger partial charge in [-0.25, -0.2) is 4.98 Å². The van der Waals surface area contributed by atoms with E-state index in [1.54, 1.807) is 13.4 Å². The van der Waals surface area contributed by atoms with E-state index < -0.39 is 0 Å². The van der Waals surface area contributed by atoms with Crippen molar-refractivity contribution in [2.45, 2.75) is 18.8 Å². The number of para-hydroxylation sites is 3. The predicted molar refractivity (Wildman–Crippen MR) is 143 cm³/mol. The van der Waals surface area contributed by atoms with Crippen LogP contribution in [0.25, 0.3) is 0 Å². The van der Waals surface area contributed by atoms with Crippen LogP contribution in [-0.2, 0) is 6.42 Å². The van der Waals surface area contributed by atoms with Gasteiger partial charge < -0.3 is 24.3 Å². The summed E-state index contributed by atoms with van der Waals surface area (Å²) in [5, 5.41) is 3.39. The molecule has 2 aromatic carbocycles.